The summed E-state index contributed by atoms with van der Waals surface area (Å²) in [5.41, 5.74) is -0.419. The highest BCUT2D eigenvalue weighted by atomic mass is 32.1. The molecule has 1 aromatic rings. The molecule has 0 bridgehead atoms. The Morgan fingerprint density at radius 1 is 1.15 bits per heavy atom. The van der Waals surface area contributed by atoms with E-state index in [1.807, 2.05) is 4.90 Å². The van der Waals surface area contributed by atoms with E-state index in [1.165, 1.54) is 11.3 Å². The number of hydrogen-bond acceptors (Lipinski definition) is 10. The Bertz CT molecular complexity index is 964. The van der Waals surface area contributed by atoms with E-state index >= 15 is 0 Å². The first-order valence-corrected chi connectivity index (χ1v) is 11.5. The first-order chi connectivity index (χ1) is 16.3. The minimum Gasteiger partial charge on any atom is -0.464 e. The van der Waals surface area contributed by atoms with Crippen molar-refractivity contribution in [3.8, 4) is 0 Å². The van der Waals surface area contributed by atoms with Crippen LogP contribution in [0.5, 0.6) is 0 Å². The SMILES string of the molecule is C=C(NC(=O)c1csc(N2CCC(NC(=O)[C@@H]3COCCO3)CC2)n1)C(=O)NC(=C)C(=O)OC. The Balaban J connectivity index is 1.45. The van der Waals surface area contributed by atoms with Gasteiger partial charge in [0, 0.05) is 24.5 Å². The molecule has 0 saturated carbocycles. The number of thiazole rings is 1. The van der Waals surface area contributed by atoms with Gasteiger partial charge in [-0.2, -0.15) is 0 Å². The number of anilines is 1. The Hall–Kier alpha value is -3.29. The number of carbonyl (C=O) groups excluding carboxylic acids is 4. The van der Waals surface area contributed by atoms with Crippen LogP contribution in [0.2, 0.25) is 0 Å². The maximum Gasteiger partial charge on any atom is 0.353 e. The van der Waals surface area contributed by atoms with Crippen LogP contribution < -0.4 is 20.9 Å². The molecular weight excluding hydrogens is 466 g/mol. The molecular formula is C21H27N5O7S. The van der Waals surface area contributed by atoms with Crippen LogP contribution in [0.1, 0.15) is 23.3 Å². The topological polar surface area (TPSA) is 148 Å². The summed E-state index contributed by atoms with van der Waals surface area (Å²) in [6.07, 6.45) is 0.880. The lowest BCUT2D eigenvalue weighted by Crippen LogP contribution is -2.50. The largest absolute Gasteiger partial charge is 0.464 e. The molecule has 2 fully saturated rings. The van der Waals surface area contributed by atoms with Crippen molar-refractivity contribution in [2.24, 2.45) is 0 Å². The minimum absolute atomic E-state index is 0.0265. The number of nitrogens with zero attached hydrogens (tertiary/aromatic N) is 2. The number of methoxy groups -OCH3 is 1. The predicted molar refractivity (Wildman–Crippen MR) is 122 cm³/mol. The molecule has 3 rings (SSSR count). The molecule has 0 unspecified atom stereocenters. The molecule has 34 heavy (non-hydrogen) atoms. The van der Waals surface area contributed by atoms with Crippen molar-refractivity contribution in [3.63, 3.8) is 0 Å². The first-order valence-electron chi connectivity index (χ1n) is 10.6. The molecule has 2 aliphatic heterocycles. The number of amides is 3. The van der Waals surface area contributed by atoms with Gasteiger partial charge in [0.05, 0.1) is 32.6 Å². The summed E-state index contributed by atoms with van der Waals surface area (Å²) in [5.74, 6) is -2.38. The van der Waals surface area contributed by atoms with E-state index in [-0.39, 0.29) is 35.6 Å². The van der Waals surface area contributed by atoms with Crippen molar-refractivity contribution in [1.29, 1.82) is 0 Å². The summed E-state index contributed by atoms with van der Waals surface area (Å²) in [6, 6.07) is 0.0265. The molecule has 0 radical (unpaired) electrons. The quantitative estimate of drug-likeness (QED) is 0.328. The van der Waals surface area contributed by atoms with E-state index in [0.29, 0.717) is 31.4 Å². The third kappa shape index (κ3) is 6.62. The number of ether oxygens (including phenoxy) is 3. The molecule has 13 heteroatoms. The fraction of sp³-hybridized carbons (Fsp3) is 0.476. The highest BCUT2D eigenvalue weighted by Gasteiger charge is 2.28. The zero-order valence-electron chi connectivity index (χ0n) is 18.8. The van der Waals surface area contributed by atoms with Gasteiger partial charge in [0.15, 0.2) is 11.2 Å². The first kappa shape index (κ1) is 25.3. The molecule has 3 heterocycles. The van der Waals surface area contributed by atoms with Gasteiger partial charge in [0.25, 0.3) is 17.7 Å². The van der Waals surface area contributed by atoms with E-state index in [2.05, 4.69) is 38.8 Å². The summed E-state index contributed by atoms with van der Waals surface area (Å²) in [4.78, 5) is 54.5. The number of rotatable bonds is 8. The molecule has 2 saturated heterocycles. The third-order valence-electron chi connectivity index (χ3n) is 5.18. The fourth-order valence-electron chi connectivity index (χ4n) is 3.31. The van der Waals surface area contributed by atoms with Crippen molar-refractivity contribution in [2.75, 3.05) is 44.9 Å². The number of nitrogens with one attached hydrogen (secondary N) is 3. The number of piperidine rings is 1. The van der Waals surface area contributed by atoms with Crippen LogP contribution in [0.3, 0.4) is 0 Å². The molecule has 12 nitrogen and oxygen atoms in total. The second-order valence-electron chi connectivity index (χ2n) is 7.58. The summed E-state index contributed by atoms with van der Waals surface area (Å²) in [7, 11) is 1.15. The Morgan fingerprint density at radius 3 is 2.53 bits per heavy atom. The van der Waals surface area contributed by atoms with E-state index in [1.54, 1.807) is 5.38 Å². The lowest BCUT2D eigenvalue weighted by atomic mass is 10.1. The van der Waals surface area contributed by atoms with Crippen molar-refractivity contribution < 1.29 is 33.4 Å². The lowest BCUT2D eigenvalue weighted by molar-refractivity contribution is -0.148. The van der Waals surface area contributed by atoms with Crippen molar-refractivity contribution in [2.45, 2.75) is 25.0 Å². The monoisotopic (exact) mass is 493 g/mol. The number of hydrogen-bond donors (Lipinski definition) is 3. The zero-order chi connectivity index (χ0) is 24.7. The van der Waals surface area contributed by atoms with Gasteiger partial charge in [0.1, 0.15) is 11.4 Å². The number of carbonyl (C=O) groups is 4. The van der Waals surface area contributed by atoms with Gasteiger partial charge in [-0.05, 0) is 12.8 Å². The van der Waals surface area contributed by atoms with Crippen molar-refractivity contribution >= 4 is 40.2 Å². The van der Waals surface area contributed by atoms with Crippen LogP contribution >= 0.6 is 11.3 Å². The predicted octanol–water partition coefficient (Wildman–Crippen LogP) is -0.310. The summed E-state index contributed by atoms with van der Waals surface area (Å²) in [5, 5.41) is 9.79. The van der Waals surface area contributed by atoms with Crippen LogP contribution in [0.15, 0.2) is 29.9 Å². The lowest BCUT2D eigenvalue weighted by Gasteiger charge is -2.33. The summed E-state index contributed by atoms with van der Waals surface area (Å²) in [6.45, 7) is 9.37. The second-order valence-corrected chi connectivity index (χ2v) is 8.41. The summed E-state index contributed by atoms with van der Waals surface area (Å²) < 4.78 is 15.1. The Kier molecular flexibility index (Phi) is 8.73. The Labute approximate surface area is 200 Å². The Morgan fingerprint density at radius 2 is 1.88 bits per heavy atom. The molecule has 1 aromatic heterocycles. The van der Waals surface area contributed by atoms with Gasteiger partial charge < -0.3 is 35.1 Å². The van der Waals surface area contributed by atoms with Crippen LogP contribution in [0.25, 0.3) is 0 Å². The van der Waals surface area contributed by atoms with Gasteiger partial charge in [-0.25, -0.2) is 9.78 Å². The average Bonchev–Trinajstić information content (AvgIpc) is 3.35. The number of aromatic nitrogens is 1. The second kappa shape index (κ2) is 11.7. The molecule has 0 aromatic carbocycles. The molecule has 1 atom stereocenters. The van der Waals surface area contributed by atoms with Crippen molar-refractivity contribution in [3.05, 3.63) is 35.6 Å². The average molecular weight is 494 g/mol. The fourth-order valence-corrected chi connectivity index (χ4v) is 4.17. The van der Waals surface area contributed by atoms with Crippen LogP contribution in [0, 0.1) is 0 Å². The smallest absolute Gasteiger partial charge is 0.353 e. The normalized spacial score (nSPS) is 18.5. The van der Waals surface area contributed by atoms with Gasteiger partial charge in [0.2, 0.25) is 0 Å². The molecule has 3 amide bonds. The van der Waals surface area contributed by atoms with E-state index in [0.717, 1.165) is 20.0 Å². The standard InChI is InChI=1S/C21H27N5O7S/c1-12(17(27)23-13(2)20(30)31-3)22-18(28)15-11-34-21(25-15)26-6-4-14(5-7-26)24-19(29)16-10-32-8-9-33-16/h11,14,16H,1-2,4-10H2,3H3,(H,22,28)(H,23,27)(H,24,29)/t16-/m0/s1. The van der Waals surface area contributed by atoms with E-state index < -0.39 is 23.9 Å². The van der Waals surface area contributed by atoms with Gasteiger partial charge in [-0.1, -0.05) is 13.2 Å². The van der Waals surface area contributed by atoms with Crippen molar-refractivity contribution in [1.82, 2.24) is 20.9 Å². The zero-order valence-corrected chi connectivity index (χ0v) is 19.6. The highest BCUT2D eigenvalue weighted by Crippen LogP contribution is 2.24. The number of esters is 1. The maximum absolute atomic E-state index is 12.4. The third-order valence-corrected chi connectivity index (χ3v) is 6.08. The van der Waals surface area contributed by atoms with Crippen LogP contribution in [-0.2, 0) is 28.6 Å². The van der Waals surface area contributed by atoms with Gasteiger partial charge in [-0.15, -0.1) is 11.3 Å². The van der Waals surface area contributed by atoms with Crippen LogP contribution in [0.4, 0.5) is 5.13 Å². The van der Waals surface area contributed by atoms with Gasteiger partial charge >= 0.3 is 5.97 Å². The van der Waals surface area contributed by atoms with Gasteiger partial charge in [-0.3, -0.25) is 14.4 Å². The molecule has 0 aliphatic carbocycles. The highest BCUT2D eigenvalue weighted by molar-refractivity contribution is 7.13. The molecule has 184 valence electrons. The van der Waals surface area contributed by atoms with Crippen LogP contribution in [-0.4, -0.2) is 80.8 Å². The molecule has 3 N–H and O–H groups in total. The minimum atomic E-state index is -0.809. The van der Waals surface area contributed by atoms with E-state index in [9.17, 15) is 19.2 Å². The van der Waals surface area contributed by atoms with E-state index in [4.69, 9.17) is 9.47 Å². The maximum atomic E-state index is 12.4. The molecule has 2 aliphatic rings. The molecule has 0 spiro atoms. The summed E-state index contributed by atoms with van der Waals surface area (Å²) >= 11 is 1.30.